The molecule has 100 valence electrons. The lowest BCUT2D eigenvalue weighted by atomic mass is 9.99. The zero-order valence-electron chi connectivity index (χ0n) is 11.0. The number of carbonyl (C=O) groups is 1. The highest BCUT2D eigenvalue weighted by atomic mass is 35.5. The normalized spacial score (nSPS) is 12.2. The second-order valence-corrected chi connectivity index (χ2v) is 4.84. The smallest absolute Gasteiger partial charge is 0.227 e. The lowest BCUT2D eigenvalue weighted by molar-refractivity contribution is -0.120. The van der Waals surface area contributed by atoms with Crippen molar-refractivity contribution in [3.63, 3.8) is 0 Å². The number of nitrogens with two attached hydrogens (primary N) is 1. The van der Waals surface area contributed by atoms with Gasteiger partial charge in [-0.3, -0.25) is 4.79 Å². The molecule has 18 heavy (non-hydrogen) atoms. The van der Waals surface area contributed by atoms with Crippen LogP contribution in [0, 0.1) is 12.8 Å². The van der Waals surface area contributed by atoms with E-state index in [9.17, 15) is 4.79 Å². The highest BCUT2D eigenvalue weighted by Gasteiger charge is 2.16. The van der Waals surface area contributed by atoms with Gasteiger partial charge < -0.3 is 11.1 Å². The van der Waals surface area contributed by atoms with Gasteiger partial charge >= 0.3 is 0 Å². The van der Waals surface area contributed by atoms with Crippen LogP contribution >= 0.6 is 11.6 Å². The fourth-order valence-corrected chi connectivity index (χ4v) is 2.04. The first kappa shape index (κ1) is 15.0. The van der Waals surface area contributed by atoms with E-state index in [0.29, 0.717) is 11.6 Å². The monoisotopic (exact) mass is 268 g/mol. The summed E-state index contributed by atoms with van der Waals surface area (Å²) in [5.41, 5.74) is 7.17. The molecule has 1 aromatic rings. The van der Waals surface area contributed by atoms with Crippen molar-refractivity contribution in [2.45, 2.75) is 33.1 Å². The molecule has 1 aromatic carbocycles. The zero-order valence-corrected chi connectivity index (χ0v) is 11.8. The van der Waals surface area contributed by atoms with E-state index in [0.717, 1.165) is 30.5 Å². The van der Waals surface area contributed by atoms with Crippen molar-refractivity contribution in [2.24, 2.45) is 11.7 Å². The quantitative estimate of drug-likeness (QED) is 0.831. The lowest BCUT2D eigenvalue weighted by Crippen LogP contribution is -2.23. The summed E-state index contributed by atoms with van der Waals surface area (Å²) < 4.78 is 0. The fraction of sp³-hybridized carbons (Fsp3) is 0.500. The predicted octanol–water partition coefficient (Wildman–Crippen LogP) is 3.35. The van der Waals surface area contributed by atoms with Gasteiger partial charge in [0.1, 0.15) is 0 Å². The van der Waals surface area contributed by atoms with Crippen LogP contribution in [0.2, 0.25) is 5.02 Å². The minimum absolute atomic E-state index is 0.0203. The molecular weight excluding hydrogens is 248 g/mol. The molecule has 0 heterocycles. The number of hydrogen-bond donors (Lipinski definition) is 2. The number of nitrogens with one attached hydrogen (secondary N) is 1. The summed E-state index contributed by atoms with van der Waals surface area (Å²) in [6.45, 7) is 4.55. The van der Waals surface area contributed by atoms with Gasteiger partial charge in [-0.1, -0.05) is 24.6 Å². The molecule has 1 amide bonds. The number of anilines is 1. The van der Waals surface area contributed by atoms with E-state index in [2.05, 4.69) is 5.32 Å². The Balaban J connectivity index is 2.70. The Morgan fingerprint density at radius 3 is 2.83 bits per heavy atom. The van der Waals surface area contributed by atoms with Crippen LogP contribution in [-0.2, 0) is 4.79 Å². The third-order valence-corrected chi connectivity index (χ3v) is 3.56. The number of rotatable bonds is 6. The van der Waals surface area contributed by atoms with Gasteiger partial charge in [0.05, 0.1) is 0 Å². The first-order chi connectivity index (χ1) is 8.60. The van der Waals surface area contributed by atoms with E-state index in [1.807, 2.05) is 32.0 Å². The highest BCUT2D eigenvalue weighted by Crippen LogP contribution is 2.24. The topological polar surface area (TPSA) is 55.1 Å². The first-order valence-corrected chi connectivity index (χ1v) is 6.74. The van der Waals surface area contributed by atoms with E-state index < -0.39 is 0 Å². The molecule has 0 aromatic heterocycles. The van der Waals surface area contributed by atoms with Gasteiger partial charge in [0.25, 0.3) is 0 Å². The Labute approximate surface area is 114 Å². The molecule has 0 aliphatic heterocycles. The number of hydrogen-bond acceptors (Lipinski definition) is 2. The Bertz CT molecular complexity index is 407. The Kier molecular flexibility index (Phi) is 6.16. The molecule has 4 heteroatoms. The standard InChI is InChI=1S/C14H21ClN2O/c1-3-11(6-5-9-16)14(18)17-13-8-4-7-12(15)10(13)2/h4,7-8,11H,3,5-6,9,16H2,1-2H3,(H,17,18). The van der Waals surface area contributed by atoms with Gasteiger partial charge in [-0.25, -0.2) is 0 Å². The van der Waals surface area contributed by atoms with Crippen LogP contribution in [0.4, 0.5) is 5.69 Å². The maximum absolute atomic E-state index is 12.1. The third kappa shape index (κ3) is 4.00. The molecule has 0 spiro atoms. The van der Waals surface area contributed by atoms with Gasteiger partial charge in [0, 0.05) is 16.6 Å². The summed E-state index contributed by atoms with van der Waals surface area (Å²) in [6, 6.07) is 5.53. The van der Waals surface area contributed by atoms with Crippen LogP contribution in [0.3, 0.4) is 0 Å². The molecule has 0 aliphatic rings. The maximum Gasteiger partial charge on any atom is 0.227 e. The molecule has 0 saturated heterocycles. The second-order valence-electron chi connectivity index (χ2n) is 4.44. The number of amides is 1. The van der Waals surface area contributed by atoms with Gasteiger partial charge in [0.2, 0.25) is 5.91 Å². The van der Waals surface area contributed by atoms with E-state index >= 15 is 0 Å². The van der Waals surface area contributed by atoms with Crippen LogP contribution in [0.5, 0.6) is 0 Å². The summed E-state index contributed by atoms with van der Waals surface area (Å²) in [5.74, 6) is 0.0725. The van der Waals surface area contributed by atoms with Crippen LogP contribution in [0.1, 0.15) is 31.7 Å². The molecule has 0 saturated carbocycles. The van der Waals surface area contributed by atoms with Crippen molar-refractivity contribution >= 4 is 23.2 Å². The Morgan fingerprint density at radius 2 is 2.22 bits per heavy atom. The van der Waals surface area contributed by atoms with Crippen LogP contribution in [0.15, 0.2) is 18.2 Å². The van der Waals surface area contributed by atoms with Crippen LogP contribution in [-0.4, -0.2) is 12.5 Å². The van der Waals surface area contributed by atoms with Crippen molar-refractivity contribution in [3.8, 4) is 0 Å². The molecule has 0 radical (unpaired) electrons. The van der Waals surface area contributed by atoms with Crippen molar-refractivity contribution in [1.29, 1.82) is 0 Å². The molecular formula is C14H21ClN2O. The molecule has 1 rings (SSSR count). The Morgan fingerprint density at radius 1 is 1.50 bits per heavy atom. The molecule has 3 nitrogen and oxygen atoms in total. The highest BCUT2D eigenvalue weighted by molar-refractivity contribution is 6.31. The molecule has 3 N–H and O–H groups in total. The predicted molar refractivity (Wildman–Crippen MR) is 76.9 cm³/mol. The number of carbonyl (C=O) groups excluding carboxylic acids is 1. The average Bonchev–Trinajstić information content (AvgIpc) is 2.36. The van der Waals surface area contributed by atoms with Crippen molar-refractivity contribution in [1.82, 2.24) is 0 Å². The fourth-order valence-electron chi connectivity index (χ4n) is 1.86. The van der Waals surface area contributed by atoms with Gasteiger partial charge in [-0.15, -0.1) is 0 Å². The summed E-state index contributed by atoms with van der Waals surface area (Å²) in [5, 5.41) is 3.62. The summed E-state index contributed by atoms with van der Waals surface area (Å²) >= 11 is 6.03. The SMILES string of the molecule is CCC(CCCN)C(=O)Nc1cccc(Cl)c1C. The molecule has 1 atom stereocenters. The van der Waals surface area contributed by atoms with E-state index in [1.54, 1.807) is 0 Å². The minimum atomic E-state index is 0.0203. The van der Waals surface area contributed by atoms with E-state index in [-0.39, 0.29) is 11.8 Å². The summed E-state index contributed by atoms with van der Waals surface area (Å²) in [6.07, 6.45) is 2.53. The largest absolute Gasteiger partial charge is 0.330 e. The lowest BCUT2D eigenvalue weighted by Gasteiger charge is -2.16. The van der Waals surface area contributed by atoms with Crippen molar-refractivity contribution in [3.05, 3.63) is 28.8 Å². The zero-order chi connectivity index (χ0) is 13.5. The number of benzene rings is 1. The second kappa shape index (κ2) is 7.39. The Hall–Kier alpha value is -1.06. The van der Waals surface area contributed by atoms with Gasteiger partial charge in [-0.2, -0.15) is 0 Å². The molecule has 0 aliphatic carbocycles. The third-order valence-electron chi connectivity index (χ3n) is 3.15. The first-order valence-electron chi connectivity index (χ1n) is 6.36. The molecule has 0 fully saturated rings. The van der Waals surface area contributed by atoms with E-state index in [4.69, 9.17) is 17.3 Å². The molecule has 0 bridgehead atoms. The van der Waals surface area contributed by atoms with Crippen molar-refractivity contribution < 1.29 is 4.79 Å². The summed E-state index contributed by atoms with van der Waals surface area (Å²) in [4.78, 5) is 12.1. The van der Waals surface area contributed by atoms with E-state index in [1.165, 1.54) is 0 Å². The summed E-state index contributed by atoms with van der Waals surface area (Å²) in [7, 11) is 0. The molecule has 1 unspecified atom stereocenters. The average molecular weight is 269 g/mol. The van der Waals surface area contributed by atoms with Crippen LogP contribution in [0.25, 0.3) is 0 Å². The van der Waals surface area contributed by atoms with Crippen LogP contribution < -0.4 is 11.1 Å². The number of halogens is 1. The maximum atomic E-state index is 12.1. The minimum Gasteiger partial charge on any atom is -0.330 e. The van der Waals surface area contributed by atoms with Crippen molar-refractivity contribution in [2.75, 3.05) is 11.9 Å². The van der Waals surface area contributed by atoms with Gasteiger partial charge in [-0.05, 0) is 50.4 Å². The van der Waals surface area contributed by atoms with Gasteiger partial charge in [0.15, 0.2) is 0 Å².